The summed E-state index contributed by atoms with van der Waals surface area (Å²) in [5.74, 6) is -0.694. The summed E-state index contributed by atoms with van der Waals surface area (Å²) in [6.07, 6.45) is 0.0443. The van der Waals surface area contributed by atoms with E-state index in [9.17, 15) is 9.59 Å². The van der Waals surface area contributed by atoms with E-state index >= 15 is 0 Å². The minimum atomic E-state index is -1.03. The van der Waals surface area contributed by atoms with Gasteiger partial charge in [0.2, 0.25) is 5.91 Å². The van der Waals surface area contributed by atoms with Gasteiger partial charge in [0.1, 0.15) is 10.9 Å². The second kappa shape index (κ2) is 9.36. The lowest BCUT2D eigenvalue weighted by molar-refractivity contribution is -0.141. The molecule has 7 nitrogen and oxygen atoms in total. The van der Waals surface area contributed by atoms with Crippen molar-refractivity contribution in [2.45, 2.75) is 32.2 Å². The molecule has 0 bridgehead atoms. The first kappa shape index (κ1) is 21.8. The quantitative estimate of drug-likeness (QED) is 0.519. The molecule has 1 aliphatic rings. The number of hydrogen-bond donors (Lipinski definition) is 1. The molecule has 1 amide bonds. The molecule has 0 saturated heterocycles. The number of carbonyl (C=O) groups is 2. The molecular formula is C24H22ClN3O4. The second-order valence-corrected chi connectivity index (χ2v) is 7.78. The fourth-order valence-electron chi connectivity index (χ4n) is 3.75. The molecule has 4 rings (SSSR count). The lowest BCUT2D eigenvalue weighted by atomic mass is 9.98. The normalized spacial score (nSPS) is 15.6. The summed E-state index contributed by atoms with van der Waals surface area (Å²) in [7, 11) is 0. The predicted molar refractivity (Wildman–Crippen MR) is 122 cm³/mol. The van der Waals surface area contributed by atoms with E-state index in [2.05, 4.69) is 10.1 Å². The summed E-state index contributed by atoms with van der Waals surface area (Å²) in [5, 5.41) is 16.0. The van der Waals surface area contributed by atoms with Crippen LogP contribution in [0.4, 0.5) is 0 Å². The van der Waals surface area contributed by atoms with E-state index in [1.165, 1.54) is 5.01 Å². The average molecular weight is 452 g/mol. The highest BCUT2D eigenvalue weighted by molar-refractivity contribution is 6.30. The van der Waals surface area contributed by atoms with Crippen LogP contribution in [0.1, 0.15) is 43.4 Å². The molecule has 0 fully saturated rings. The Hall–Kier alpha value is -3.45. The molecule has 0 aliphatic carbocycles. The van der Waals surface area contributed by atoms with Crippen molar-refractivity contribution in [2.75, 3.05) is 6.61 Å². The topological polar surface area (TPSA) is 92.1 Å². The molecule has 0 radical (unpaired) electrons. The van der Waals surface area contributed by atoms with Gasteiger partial charge in [0.05, 0.1) is 30.3 Å². The number of hydrogen-bond acceptors (Lipinski definition) is 5. The fraction of sp³-hybridized carbons (Fsp3) is 0.250. The number of fused-ring (bicyclic) bond motifs is 1. The van der Waals surface area contributed by atoms with Gasteiger partial charge in [0.15, 0.2) is 0 Å². The van der Waals surface area contributed by atoms with Crippen molar-refractivity contribution in [3.63, 3.8) is 0 Å². The number of carbonyl (C=O) groups excluding carboxylic acids is 1. The Morgan fingerprint density at radius 2 is 1.94 bits per heavy atom. The first-order valence-electron chi connectivity index (χ1n) is 10.4. The Labute approximate surface area is 190 Å². The zero-order chi connectivity index (χ0) is 22.7. The number of aliphatic carboxylic acids is 1. The molecule has 164 valence electrons. The molecule has 2 aromatic carbocycles. The zero-order valence-electron chi connectivity index (χ0n) is 17.5. The maximum atomic E-state index is 12.9. The van der Waals surface area contributed by atoms with Crippen LogP contribution in [0.25, 0.3) is 10.9 Å². The molecule has 1 atom stereocenters. The Morgan fingerprint density at radius 3 is 2.66 bits per heavy atom. The van der Waals surface area contributed by atoms with Crippen LogP contribution < -0.4 is 4.74 Å². The maximum absolute atomic E-state index is 12.9. The highest BCUT2D eigenvalue weighted by Crippen LogP contribution is 2.38. The number of ether oxygens (including phenoxy) is 1. The number of benzene rings is 2. The van der Waals surface area contributed by atoms with Gasteiger partial charge < -0.3 is 9.84 Å². The summed E-state index contributed by atoms with van der Waals surface area (Å²) in [5.41, 5.74) is 3.00. The number of hydrazone groups is 1. The Kier molecular flexibility index (Phi) is 6.37. The molecular weight excluding hydrogens is 430 g/mol. The number of pyridine rings is 1. The summed E-state index contributed by atoms with van der Waals surface area (Å²) in [6, 6.07) is 16.6. The van der Waals surface area contributed by atoms with Crippen molar-refractivity contribution in [3.05, 3.63) is 70.9 Å². The minimum absolute atomic E-state index is 0.145. The summed E-state index contributed by atoms with van der Waals surface area (Å²) in [6.45, 7) is 2.46. The Balaban J connectivity index is 1.71. The van der Waals surface area contributed by atoms with Gasteiger partial charge in [-0.05, 0) is 30.7 Å². The third kappa shape index (κ3) is 4.57. The van der Waals surface area contributed by atoms with E-state index in [1.54, 1.807) is 0 Å². The van der Waals surface area contributed by atoms with E-state index in [1.807, 2.05) is 61.5 Å². The third-order valence-corrected chi connectivity index (χ3v) is 5.57. The van der Waals surface area contributed by atoms with Crippen molar-refractivity contribution in [2.24, 2.45) is 5.10 Å². The smallest absolute Gasteiger partial charge is 0.303 e. The van der Waals surface area contributed by atoms with Crippen LogP contribution >= 0.6 is 11.6 Å². The number of aromatic nitrogens is 1. The summed E-state index contributed by atoms with van der Waals surface area (Å²) >= 11 is 6.57. The lowest BCUT2D eigenvalue weighted by Gasteiger charge is -2.23. The van der Waals surface area contributed by atoms with Gasteiger partial charge in [-0.2, -0.15) is 5.10 Å². The molecule has 8 heteroatoms. The largest absolute Gasteiger partial charge is 0.494 e. The van der Waals surface area contributed by atoms with Crippen LogP contribution in [-0.4, -0.2) is 39.3 Å². The lowest BCUT2D eigenvalue weighted by Crippen LogP contribution is -2.27. The third-order valence-electron chi connectivity index (χ3n) is 5.27. The van der Waals surface area contributed by atoms with Crippen LogP contribution in [0.3, 0.4) is 0 Å². The molecule has 3 aromatic rings. The molecule has 0 spiro atoms. The van der Waals surface area contributed by atoms with E-state index in [0.717, 1.165) is 16.7 Å². The number of halogens is 1. The van der Waals surface area contributed by atoms with Gasteiger partial charge >= 0.3 is 5.97 Å². The molecule has 1 aliphatic heterocycles. The van der Waals surface area contributed by atoms with Crippen molar-refractivity contribution in [1.29, 1.82) is 0 Å². The van der Waals surface area contributed by atoms with E-state index < -0.39 is 12.0 Å². The highest BCUT2D eigenvalue weighted by Gasteiger charge is 2.34. The number of carboxylic acid groups (broad SMARTS) is 1. The fourth-order valence-corrected chi connectivity index (χ4v) is 4.02. The second-order valence-electron chi connectivity index (χ2n) is 7.42. The van der Waals surface area contributed by atoms with Gasteiger partial charge in [-0.15, -0.1) is 0 Å². The molecule has 32 heavy (non-hydrogen) atoms. The van der Waals surface area contributed by atoms with Gasteiger partial charge in [0, 0.05) is 29.9 Å². The monoisotopic (exact) mass is 451 g/mol. The first-order valence-corrected chi connectivity index (χ1v) is 10.7. The number of rotatable bonds is 7. The Bertz CT molecular complexity index is 1200. The van der Waals surface area contributed by atoms with Gasteiger partial charge in [-0.25, -0.2) is 9.99 Å². The number of nitrogens with zero attached hydrogens (tertiary/aromatic N) is 3. The Morgan fingerprint density at radius 1 is 1.16 bits per heavy atom. The molecule has 0 saturated carbocycles. The van der Waals surface area contributed by atoms with Crippen LogP contribution in [0.15, 0.2) is 59.7 Å². The van der Waals surface area contributed by atoms with Crippen LogP contribution in [0.2, 0.25) is 5.15 Å². The average Bonchev–Trinajstić information content (AvgIpc) is 3.23. The first-order chi connectivity index (χ1) is 15.5. The number of amides is 1. The van der Waals surface area contributed by atoms with E-state index in [-0.39, 0.29) is 23.9 Å². The van der Waals surface area contributed by atoms with Gasteiger partial charge in [-0.3, -0.25) is 9.59 Å². The molecule has 0 unspecified atom stereocenters. The standard InChI is InChI=1S/C24H22ClN3O4/c1-2-32-17-9-8-16-12-18(24(25)26-19(16)13-17)21-14-20(15-6-4-3-5-7-15)27-28(21)22(29)10-11-23(30)31/h3-9,12-13,21H,2,10-11,14H2,1H3,(H,30,31)/t21-/m0/s1. The van der Waals surface area contributed by atoms with Crippen molar-refractivity contribution < 1.29 is 19.4 Å². The van der Waals surface area contributed by atoms with E-state index in [0.29, 0.717) is 29.9 Å². The molecule has 2 heterocycles. The van der Waals surface area contributed by atoms with Crippen molar-refractivity contribution >= 4 is 40.1 Å². The van der Waals surface area contributed by atoms with Crippen LogP contribution in [0.5, 0.6) is 5.75 Å². The van der Waals surface area contributed by atoms with Crippen molar-refractivity contribution in [3.8, 4) is 5.75 Å². The molecule has 1 aromatic heterocycles. The van der Waals surface area contributed by atoms with Crippen molar-refractivity contribution in [1.82, 2.24) is 9.99 Å². The van der Waals surface area contributed by atoms with Gasteiger partial charge in [0.25, 0.3) is 0 Å². The maximum Gasteiger partial charge on any atom is 0.303 e. The minimum Gasteiger partial charge on any atom is -0.494 e. The number of carboxylic acids is 1. The van der Waals surface area contributed by atoms with Gasteiger partial charge in [-0.1, -0.05) is 41.9 Å². The van der Waals surface area contributed by atoms with E-state index in [4.69, 9.17) is 21.4 Å². The van der Waals surface area contributed by atoms with Crippen LogP contribution in [-0.2, 0) is 9.59 Å². The SMILES string of the molecule is CCOc1ccc2cc([C@@H]3CC(c4ccccc4)=NN3C(=O)CCC(=O)O)c(Cl)nc2c1. The summed E-state index contributed by atoms with van der Waals surface area (Å²) < 4.78 is 5.54. The predicted octanol–water partition coefficient (Wildman–Crippen LogP) is 4.83. The molecule has 1 N–H and O–H groups in total. The summed E-state index contributed by atoms with van der Waals surface area (Å²) in [4.78, 5) is 28.4. The van der Waals surface area contributed by atoms with Crippen LogP contribution in [0, 0.1) is 0 Å². The highest BCUT2D eigenvalue weighted by atomic mass is 35.5. The zero-order valence-corrected chi connectivity index (χ0v) is 18.2.